The highest BCUT2D eigenvalue weighted by Crippen LogP contribution is 2.39. The van der Waals surface area contributed by atoms with Gasteiger partial charge in [0.25, 0.3) is 5.75 Å². The first-order chi connectivity index (χ1) is 13.7. The largest absolute Gasteiger partial charge is 0.477 e. The van der Waals surface area contributed by atoms with Crippen molar-refractivity contribution in [3.8, 4) is 5.75 Å². The number of nitro groups is 2. The Morgan fingerprint density at radius 3 is 2.10 bits per heavy atom. The van der Waals surface area contributed by atoms with Crippen LogP contribution in [0.3, 0.4) is 0 Å². The molecule has 1 amide bonds. The van der Waals surface area contributed by atoms with Gasteiger partial charge in [-0.2, -0.15) is 0 Å². The van der Waals surface area contributed by atoms with E-state index in [1.807, 2.05) is 0 Å². The molecule has 0 aliphatic carbocycles. The molecule has 10 heteroatoms. The Bertz CT molecular complexity index is 925. The third-order valence-corrected chi connectivity index (χ3v) is 4.46. The fraction of sp³-hybridized carbons (Fsp3) is 0.316. The van der Waals surface area contributed by atoms with Gasteiger partial charge in [0.15, 0.2) is 0 Å². The minimum atomic E-state index is -0.719. The van der Waals surface area contributed by atoms with E-state index in [0.29, 0.717) is 11.1 Å². The van der Waals surface area contributed by atoms with E-state index < -0.39 is 38.7 Å². The number of nitrogens with one attached hydrogen (secondary N) is 2. The van der Waals surface area contributed by atoms with Gasteiger partial charge in [0, 0.05) is 12.1 Å². The van der Waals surface area contributed by atoms with Gasteiger partial charge in [0.1, 0.15) is 6.61 Å². The molecule has 0 spiro atoms. The van der Waals surface area contributed by atoms with E-state index in [-0.39, 0.29) is 18.9 Å². The molecule has 152 valence electrons. The van der Waals surface area contributed by atoms with Gasteiger partial charge in [0.05, 0.1) is 21.6 Å². The van der Waals surface area contributed by atoms with E-state index in [2.05, 4.69) is 10.6 Å². The van der Waals surface area contributed by atoms with Crippen molar-refractivity contribution in [3.05, 3.63) is 73.8 Å². The molecule has 1 aliphatic rings. The quantitative estimate of drug-likeness (QED) is 0.538. The summed E-state index contributed by atoms with van der Waals surface area (Å²) >= 11 is 0. The summed E-state index contributed by atoms with van der Waals surface area (Å²) in [5.41, 5.74) is -0.640. The van der Waals surface area contributed by atoms with Crippen LogP contribution in [0.15, 0.2) is 42.5 Å². The van der Waals surface area contributed by atoms with Gasteiger partial charge in [-0.15, -0.1) is 0 Å². The monoisotopic (exact) mass is 400 g/mol. The number of benzene rings is 2. The lowest BCUT2D eigenvalue weighted by Gasteiger charge is -2.18. The van der Waals surface area contributed by atoms with Gasteiger partial charge < -0.3 is 10.1 Å². The summed E-state index contributed by atoms with van der Waals surface area (Å²) in [6.45, 7) is 3.50. The molecule has 1 atom stereocenters. The average molecular weight is 400 g/mol. The van der Waals surface area contributed by atoms with Gasteiger partial charge in [-0.25, -0.2) is 0 Å². The van der Waals surface area contributed by atoms with Crippen molar-refractivity contribution in [3.63, 3.8) is 0 Å². The maximum absolute atomic E-state index is 12.1. The fourth-order valence-electron chi connectivity index (χ4n) is 3.23. The Balaban J connectivity index is 1.93. The molecule has 2 aromatic carbocycles. The van der Waals surface area contributed by atoms with Crippen LogP contribution < -0.4 is 15.4 Å². The van der Waals surface area contributed by atoms with Crippen LogP contribution in [-0.2, 0) is 17.8 Å². The van der Waals surface area contributed by atoms with Crippen LogP contribution in [0.2, 0.25) is 0 Å². The Hall–Kier alpha value is -3.53. The number of nitrogens with zero attached hydrogens (tertiary/aromatic N) is 2. The van der Waals surface area contributed by atoms with Gasteiger partial charge in [-0.3, -0.25) is 30.3 Å². The first kappa shape index (κ1) is 20.2. The molecule has 0 unspecified atom stereocenters. The maximum Gasteiger partial charge on any atom is 0.318 e. The van der Waals surface area contributed by atoms with E-state index in [9.17, 15) is 25.0 Å². The summed E-state index contributed by atoms with van der Waals surface area (Å²) in [5.74, 6) is -0.679. The summed E-state index contributed by atoms with van der Waals surface area (Å²) in [7, 11) is 0. The number of carbonyl (C=O) groups excluding carboxylic acids is 1. The predicted octanol–water partition coefficient (Wildman–Crippen LogP) is 2.45. The topological polar surface area (TPSA) is 137 Å². The van der Waals surface area contributed by atoms with Crippen molar-refractivity contribution in [1.82, 2.24) is 10.6 Å². The molecule has 3 rings (SSSR count). The summed E-state index contributed by atoms with van der Waals surface area (Å²) in [6.07, 6.45) is 0.0654. The highest BCUT2D eigenvalue weighted by Gasteiger charge is 2.37. The zero-order valence-electron chi connectivity index (χ0n) is 15.9. The maximum atomic E-state index is 12.1. The highest BCUT2D eigenvalue weighted by molar-refractivity contribution is 5.85. The van der Waals surface area contributed by atoms with E-state index >= 15 is 0 Å². The zero-order chi connectivity index (χ0) is 21.2. The molecule has 1 saturated heterocycles. The van der Waals surface area contributed by atoms with E-state index in [1.54, 1.807) is 44.2 Å². The second kappa shape index (κ2) is 7.84. The number of amides is 1. The summed E-state index contributed by atoms with van der Waals surface area (Å²) in [4.78, 5) is 33.8. The number of hydrogen-bond donors (Lipinski definition) is 2. The van der Waals surface area contributed by atoms with Gasteiger partial charge in [-0.1, -0.05) is 30.3 Å². The lowest BCUT2D eigenvalue weighted by Crippen LogP contribution is -2.44. The zero-order valence-corrected chi connectivity index (χ0v) is 15.9. The second-order valence-electron chi connectivity index (χ2n) is 7.27. The Kier molecular flexibility index (Phi) is 5.46. The Morgan fingerprint density at radius 1 is 1.03 bits per heavy atom. The predicted molar refractivity (Wildman–Crippen MR) is 103 cm³/mol. The second-order valence-corrected chi connectivity index (χ2v) is 7.27. The van der Waals surface area contributed by atoms with Crippen molar-refractivity contribution >= 4 is 17.3 Å². The molecule has 0 bridgehead atoms. The van der Waals surface area contributed by atoms with Crippen LogP contribution in [0, 0.1) is 20.2 Å². The van der Waals surface area contributed by atoms with Gasteiger partial charge >= 0.3 is 11.4 Å². The number of ether oxygens (including phenoxy) is 1. The molecule has 29 heavy (non-hydrogen) atoms. The summed E-state index contributed by atoms with van der Waals surface area (Å²) in [5, 5.41) is 28.9. The molecule has 0 saturated carbocycles. The SMILES string of the molecule is CC1(C)NC(=O)[C@H](Cc2cc([N+](=O)[O-])c(OCc3ccccc3)c([N+](=O)[O-])c2)N1. The Labute approximate surface area is 166 Å². The fourth-order valence-corrected chi connectivity index (χ4v) is 3.23. The number of rotatable bonds is 7. The molecule has 2 aromatic rings. The lowest BCUT2D eigenvalue weighted by atomic mass is 10.0. The van der Waals surface area contributed by atoms with E-state index in [1.165, 1.54) is 12.1 Å². The molecular formula is C19H20N4O6. The van der Waals surface area contributed by atoms with Crippen LogP contribution >= 0.6 is 0 Å². The molecule has 2 N–H and O–H groups in total. The molecule has 1 heterocycles. The minimum absolute atomic E-state index is 0.0529. The minimum Gasteiger partial charge on any atom is -0.477 e. The van der Waals surface area contributed by atoms with E-state index in [4.69, 9.17) is 4.74 Å². The van der Waals surface area contributed by atoms with Crippen molar-refractivity contribution in [2.24, 2.45) is 0 Å². The van der Waals surface area contributed by atoms with Crippen molar-refractivity contribution in [1.29, 1.82) is 0 Å². The summed E-state index contributed by atoms with van der Waals surface area (Å²) in [6, 6.07) is 10.6. The lowest BCUT2D eigenvalue weighted by molar-refractivity contribution is -0.396. The van der Waals surface area contributed by atoms with Crippen LogP contribution in [0.4, 0.5) is 11.4 Å². The van der Waals surface area contributed by atoms with Gasteiger partial charge in [-0.05, 0) is 31.4 Å². The third kappa shape index (κ3) is 4.66. The van der Waals surface area contributed by atoms with Crippen LogP contribution in [0.5, 0.6) is 5.75 Å². The Morgan fingerprint density at radius 2 is 1.62 bits per heavy atom. The van der Waals surface area contributed by atoms with E-state index in [0.717, 1.165) is 0 Å². The van der Waals surface area contributed by atoms with Crippen LogP contribution in [0.1, 0.15) is 25.0 Å². The normalized spacial score (nSPS) is 17.6. The number of carbonyl (C=O) groups is 1. The first-order valence-corrected chi connectivity index (χ1v) is 8.88. The standard InChI is InChI=1S/C19H20N4O6/c1-19(2)20-14(18(24)21-19)8-13-9-15(22(25)26)17(16(10-13)23(27)28)29-11-12-6-4-3-5-7-12/h3-7,9-10,14,20H,8,11H2,1-2H3,(H,21,24)/t14-/m0/s1. The van der Waals surface area contributed by atoms with Crippen molar-refractivity contribution in [2.45, 2.75) is 38.6 Å². The molecule has 1 fully saturated rings. The molecule has 0 radical (unpaired) electrons. The molecule has 1 aliphatic heterocycles. The van der Waals surface area contributed by atoms with Crippen molar-refractivity contribution < 1.29 is 19.4 Å². The highest BCUT2D eigenvalue weighted by atomic mass is 16.6. The van der Waals surface area contributed by atoms with Crippen molar-refractivity contribution in [2.75, 3.05) is 0 Å². The van der Waals surface area contributed by atoms with Crippen LogP contribution in [0.25, 0.3) is 0 Å². The molecule has 0 aromatic heterocycles. The average Bonchev–Trinajstić information content (AvgIpc) is 2.91. The third-order valence-electron chi connectivity index (χ3n) is 4.46. The molecule has 10 nitrogen and oxygen atoms in total. The smallest absolute Gasteiger partial charge is 0.318 e. The summed E-state index contributed by atoms with van der Waals surface area (Å²) < 4.78 is 5.48. The van der Waals surface area contributed by atoms with Gasteiger partial charge in [0.2, 0.25) is 5.91 Å². The first-order valence-electron chi connectivity index (χ1n) is 8.88. The molecular weight excluding hydrogens is 380 g/mol. The number of hydrogen-bond acceptors (Lipinski definition) is 7. The number of nitro benzene ring substituents is 2. The van der Waals surface area contributed by atoms with Crippen LogP contribution in [-0.4, -0.2) is 27.5 Å².